The third-order valence-electron chi connectivity index (χ3n) is 4.62. The lowest BCUT2D eigenvalue weighted by molar-refractivity contribution is -0.384. The van der Waals surface area contributed by atoms with Gasteiger partial charge >= 0.3 is 0 Å². The number of aromatic nitrogens is 2. The number of amides is 1. The lowest BCUT2D eigenvalue weighted by Crippen LogP contribution is -2.24. The van der Waals surface area contributed by atoms with Crippen molar-refractivity contribution in [3.05, 3.63) is 94.0 Å². The van der Waals surface area contributed by atoms with Gasteiger partial charge in [-0.1, -0.05) is 48.5 Å². The van der Waals surface area contributed by atoms with E-state index >= 15 is 0 Å². The van der Waals surface area contributed by atoms with Crippen LogP contribution >= 0.6 is 0 Å². The summed E-state index contributed by atoms with van der Waals surface area (Å²) < 4.78 is 0. The number of nitro benzene ring substituents is 1. The summed E-state index contributed by atoms with van der Waals surface area (Å²) in [5.41, 5.74) is 4.60. The topological polar surface area (TPSA) is 101 Å². The van der Waals surface area contributed by atoms with Gasteiger partial charge in [0.05, 0.1) is 22.4 Å². The number of hydrogen-bond donors (Lipinski definition) is 2. The number of H-pyrrole nitrogens is 1. The molecule has 4 aromatic rings. The Bertz CT molecular complexity index is 1130. The van der Waals surface area contributed by atoms with Crippen molar-refractivity contribution < 1.29 is 9.72 Å². The second kappa shape index (κ2) is 7.93. The van der Waals surface area contributed by atoms with Crippen LogP contribution in [0, 0.1) is 10.1 Å². The molecule has 7 heteroatoms. The average Bonchev–Trinajstić information content (AvgIpc) is 3.17. The summed E-state index contributed by atoms with van der Waals surface area (Å²) >= 11 is 0. The number of carbonyl (C=O) groups excluding carboxylic acids is 1. The molecule has 0 saturated carbocycles. The molecule has 2 N–H and O–H groups in total. The zero-order valence-corrected chi connectivity index (χ0v) is 15.5. The molecule has 0 spiro atoms. The molecule has 0 aliphatic rings. The molecule has 1 aromatic heterocycles. The highest BCUT2D eigenvalue weighted by atomic mass is 16.6. The van der Waals surface area contributed by atoms with Crippen molar-refractivity contribution in [2.45, 2.75) is 13.0 Å². The smallest absolute Gasteiger partial charge is 0.269 e. The molecule has 3 aromatic carbocycles. The number of imidazole rings is 1. The SMILES string of the molecule is O=C(Cc1ccc([N+](=O)[O-])cc1)NCc1ccc(-c2nc3ccccc3[nH]2)cc1. The summed E-state index contributed by atoms with van der Waals surface area (Å²) in [5.74, 6) is 0.667. The maximum absolute atomic E-state index is 12.1. The van der Waals surface area contributed by atoms with Crippen LogP contribution in [-0.4, -0.2) is 20.8 Å². The van der Waals surface area contributed by atoms with Gasteiger partial charge < -0.3 is 10.3 Å². The quantitative estimate of drug-likeness (QED) is 0.386. The molecule has 0 atom stereocenters. The van der Waals surface area contributed by atoms with Gasteiger partial charge in [-0.25, -0.2) is 4.98 Å². The molecule has 0 fully saturated rings. The van der Waals surface area contributed by atoms with Crippen LogP contribution < -0.4 is 5.32 Å². The molecule has 29 heavy (non-hydrogen) atoms. The summed E-state index contributed by atoms with van der Waals surface area (Å²) in [5, 5.41) is 13.5. The van der Waals surface area contributed by atoms with E-state index in [0.29, 0.717) is 6.54 Å². The van der Waals surface area contributed by atoms with Crippen LogP contribution in [0.25, 0.3) is 22.4 Å². The van der Waals surface area contributed by atoms with Crippen LogP contribution in [0.5, 0.6) is 0 Å². The monoisotopic (exact) mass is 386 g/mol. The summed E-state index contributed by atoms with van der Waals surface area (Å²) in [7, 11) is 0. The van der Waals surface area contributed by atoms with Crippen molar-refractivity contribution in [3.8, 4) is 11.4 Å². The van der Waals surface area contributed by atoms with E-state index in [-0.39, 0.29) is 18.0 Å². The van der Waals surface area contributed by atoms with Gasteiger partial charge in [-0.05, 0) is 23.3 Å². The molecule has 1 amide bonds. The molecule has 4 rings (SSSR count). The van der Waals surface area contributed by atoms with E-state index in [1.54, 1.807) is 12.1 Å². The zero-order valence-electron chi connectivity index (χ0n) is 15.5. The number of carbonyl (C=O) groups is 1. The fourth-order valence-electron chi connectivity index (χ4n) is 3.05. The first-order valence-corrected chi connectivity index (χ1v) is 9.12. The first-order chi connectivity index (χ1) is 14.1. The highest BCUT2D eigenvalue weighted by Crippen LogP contribution is 2.20. The second-order valence-corrected chi connectivity index (χ2v) is 6.68. The minimum Gasteiger partial charge on any atom is -0.352 e. The lowest BCUT2D eigenvalue weighted by atomic mass is 10.1. The third kappa shape index (κ3) is 4.30. The molecule has 144 valence electrons. The fourth-order valence-corrected chi connectivity index (χ4v) is 3.05. The maximum atomic E-state index is 12.1. The van der Waals surface area contributed by atoms with Crippen LogP contribution in [0.15, 0.2) is 72.8 Å². The Morgan fingerprint density at radius 3 is 2.34 bits per heavy atom. The molecule has 0 unspecified atom stereocenters. The number of fused-ring (bicyclic) bond motifs is 1. The van der Waals surface area contributed by atoms with E-state index in [0.717, 1.165) is 33.5 Å². The molecule has 0 saturated heterocycles. The minimum absolute atomic E-state index is 0.0127. The standard InChI is InChI=1S/C22H18N4O3/c27-21(13-15-7-11-18(12-8-15)26(28)29)23-14-16-5-9-17(10-6-16)22-24-19-3-1-2-4-20(19)25-22/h1-12H,13-14H2,(H,23,27)(H,24,25). The lowest BCUT2D eigenvalue weighted by Gasteiger charge is -2.06. The number of rotatable bonds is 6. The average molecular weight is 386 g/mol. The van der Waals surface area contributed by atoms with Crippen molar-refractivity contribution >= 4 is 22.6 Å². The third-order valence-corrected chi connectivity index (χ3v) is 4.62. The second-order valence-electron chi connectivity index (χ2n) is 6.68. The van der Waals surface area contributed by atoms with E-state index in [2.05, 4.69) is 15.3 Å². The number of hydrogen-bond acceptors (Lipinski definition) is 4. The molecule has 0 radical (unpaired) electrons. The molecule has 7 nitrogen and oxygen atoms in total. The van der Waals surface area contributed by atoms with Crippen LogP contribution in [-0.2, 0) is 17.8 Å². The largest absolute Gasteiger partial charge is 0.352 e. The maximum Gasteiger partial charge on any atom is 0.269 e. The highest BCUT2D eigenvalue weighted by molar-refractivity contribution is 5.79. The fraction of sp³-hybridized carbons (Fsp3) is 0.0909. The zero-order chi connectivity index (χ0) is 20.2. The Morgan fingerprint density at radius 1 is 0.966 bits per heavy atom. The first kappa shape index (κ1) is 18.4. The van der Waals surface area contributed by atoms with Gasteiger partial charge in [0, 0.05) is 24.2 Å². The summed E-state index contributed by atoms with van der Waals surface area (Å²) in [6.45, 7) is 0.409. The van der Waals surface area contributed by atoms with E-state index in [1.807, 2.05) is 48.5 Å². The van der Waals surface area contributed by atoms with E-state index < -0.39 is 4.92 Å². The molecular weight excluding hydrogens is 368 g/mol. The van der Waals surface area contributed by atoms with Crippen molar-refractivity contribution in [1.29, 1.82) is 0 Å². The van der Waals surface area contributed by atoms with Crippen molar-refractivity contribution in [2.24, 2.45) is 0 Å². The Balaban J connectivity index is 1.35. The highest BCUT2D eigenvalue weighted by Gasteiger charge is 2.08. The molecule has 0 aliphatic heterocycles. The molecule has 0 aliphatic carbocycles. The summed E-state index contributed by atoms with van der Waals surface area (Å²) in [6.07, 6.45) is 0.176. The van der Waals surface area contributed by atoms with Crippen molar-refractivity contribution in [2.75, 3.05) is 0 Å². The number of aromatic amines is 1. The number of nitrogens with one attached hydrogen (secondary N) is 2. The Morgan fingerprint density at radius 2 is 1.66 bits per heavy atom. The number of non-ortho nitro benzene ring substituents is 1. The van der Waals surface area contributed by atoms with Gasteiger partial charge in [0.25, 0.3) is 5.69 Å². The Labute approximate surface area is 166 Å². The summed E-state index contributed by atoms with van der Waals surface area (Å²) in [6, 6.07) is 21.7. The van der Waals surface area contributed by atoms with Gasteiger partial charge in [0.2, 0.25) is 5.91 Å². The van der Waals surface area contributed by atoms with E-state index in [9.17, 15) is 14.9 Å². The molecular formula is C22H18N4O3. The first-order valence-electron chi connectivity index (χ1n) is 9.12. The van der Waals surface area contributed by atoms with Crippen molar-refractivity contribution in [3.63, 3.8) is 0 Å². The Hall–Kier alpha value is -4.00. The van der Waals surface area contributed by atoms with Gasteiger partial charge in [-0.3, -0.25) is 14.9 Å². The van der Waals surface area contributed by atoms with E-state index in [4.69, 9.17) is 0 Å². The molecule has 1 heterocycles. The van der Waals surface area contributed by atoms with Crippen molar-refractivity contribution in [1.82, 2.24) is 15.3 Å². The number of nitrogens with zero attached hydrogens (tertiary/aromatic N) is 2. The van der Waals surface area contributed by atoms with Crippen LogP contribution in [0.2, 0.25) is 0 Å². The number of para-hydroxylation sites is 2. The van der Waals surface area contributed by atoms with Gasteiger partial charge in [-0.2, -0.15) is 0 Å². The normalized spacial score (nSPS) is 10.8. The van der Waals surface area contributed by atoms with Crippen LogP contribution in [0.1, 0.15) is 11.1 Å². The number of nitro groups is 1. The van der Waals surface area contributed by atoms with Gasteiger partial charge in [0.15, 0.2) is 0 Å². The van der Waals surface area contributed by atoms with E-state index in [1.165, 1.54) is 12.1 Å². The summed E-state index contributed by atoms with van der Waals surface area (Å²) in [4.78, 5) is 30.2. The van der Waals surface area contributed by atoms with Crippen LogP contribution in [0.4, 0.5) is 5.69 Å². The predicted octanol–water partition coefficient (Wildman–Crippen LogP) is 4.00. The number of benzene rings is 3. The predicted molar refractivity (Wildman–Crippen MR) is 110 cm³/mol. The van der Waals surface area contributed by atoms with Gasteiger partial charge in [0.1, 0.15) is 5.82 Å². The van der Waals surface area contributed by atoms with Gasteiger partial charge in [-0.15, -0.1) is 0 Å². The molecule has 0 bridgehead atoms. The minimum atomic E-state index is -0.459. The Kier molecular flexibility index (Phi) is 5.03. The van der Waals surface area contributed by atoms with Crippen LogP contribution in [0.3, 0.4) is 0 Å².